The van der Waals surface area contributed by atoms with Crippen molar-refractivity contribution in [2.24, 2.45) is 0 Å². The lowest BCUT2D eigenvalue weighted by molar-refractivity contribution is 0.0497. The van der Waals surface area contributed by atoms with Gasteiger partial charge in [0.1, 0.15) is 11.4 Å². The maximum Gasteiger partial charge on any atom is 0.422 e. The molecule has 6 heteroatoms. The first-order valence-electron chi connectivity index (χ1n) is 5.18. The molecule has 0 spiro atoms. The van der Waals surface area contributed by atoms with Gasteiger partial charge in [-0.2, -0.15) is 0 Å². The van der Waals surface area contributed by atoms with Crippen molar-refractivity contribution in [1.82, 2.24) is 15.8 Å². The number of nitrogens with zero attached hydrogens (tertiary/aromatic N) is 1. The quantitative estimate of drug-likeness (QED) is 0.791. The third kappa shape index (κ3) is 5.82. The molecule has 0 bridgehead atoms. The Morgan fingerprint density at radius 3 is 2.76 bits per heavy atom. The molecule has 0 aromatic carbocycles. The molecule has 1 rings (SSSR count). The van der Waals surface area contributed by atoms with Gasteiger partial charge < -0.3 is 4.74 Å². The molecular formula is C11H16FN3O2. The number of nitrogens with one attached hydrogen (secondary N) is 2. The predicted octanol–water partition coefficient (Wildman–Crippen LogP) is 1.75. The monoisotopic (exact) mass is 241 g/mol. The van der Waals surface area contributed by atoms with Gasteiger partial charge >= 0.3 is 6.09 Å². The Balaban J connectivity index is 2.31. The molecule has 2 N–H and O–H groups in total. The van der Waals surface area contributed by atoms with Crippen molar-refractivity contribution in [2.75, 3.05) is 0 Å². The van der Waals surface area contributed by atoms with Gasteiger partial charge in [-0.15, -0.1) is 0 Å². The minimum atomic E-state index is -0.582. The Labute approximate surface area is 99.4 Å². The van der Waals surface area contributed by atoms with Gasteiger partial charge in [-0.25, -0.2) is 14.6 Å². The molecule has 0 aliphatic rings. The van der Waals surface area contributed by atoms with E-state index in [0.29, 0.717) is 5.56 Å². The third-order valence-electron chi connectivity index (χ3n) is 1.64. The molecule has 1 aromatic heterocycles. The van der Waals surface area contributed by atoms with E-state index < -0.39 is 17.5 Å². The molecule has 5 nitrogen and oxygen atoms in total. The van der Waals surface area contributed by atoms with Crippen LogP contribution in [0, 0.1) is 5.82 Å². The number of hydrogen-bond acceptors (Lipinski definition) is 4. The molecule has 1 aromatic rings. The van der Waals surface area contributed by atoms with Crippen LogP contribution in [-0.2, 0) is 11.3 Å². The maximum atomic E-state index is 12.8. The number of amides is 1. The molecule has 1 heterocycles. The van der Waals surface area contributed by atoms with Gasteiger partial charge in [-0.3, -0.25) is 10.4 Å². The summed E-state index contributed by atoms with van der Waals surface area (Å²) in [5.74, 6) is -0.415. The zero-order valence-electron chi connectivity index (χ0n) is 10.1. The van der Waals surface area contributed by atoms with E-state index in [0.717, 1.165) is 6.20 Å². The molecule has 17 heavy (non-hydrogen) atoms. The topological polar surface area (TPSA) is 63.2 Å². The van der Waals surface area contributed by atoms with E-state index in [1.54, 1.807) is 20.8 Å². The molecule has 0 unspecified atom stereocenters. The molecule has 0 saturated heterocycles. The number of ether oxygens (including phenoxy) is 1. The largest absolute Gasteiger partial charge is 0.443 e. The standard InChI is InChI=1S/C11H16FN3O2/c1-11(2,3)17-10(16)15-14-6-8-4-9(12)7-13-5-8/h4-5,7,14H,6H2,1-3H3,(H,15,16). The SMILES string of the molecule is CC(C)(C)OC(=O)NNCc1cncc(F)c1. The Kier molecular flexibility index (Phi) is 4.39. The summed E-state index contributed by atoms with van der Waals surface area (Å²) in [6, 6.07) is 1.33. The smallest absolute Gasteiger partial charge is 0.422 e. The van der Waals surface area contributed by atoms with Crippen LogP contribution in [0.25, 0.3) is 0 Å². The van der Waals surface area contributed by atoms with Crippen LogP contribution >= 0.6 is 0 Å². The van der Waals surface area contributed by atoms with E-state index >= 15 is 0 Å². The van der Waals surface area contributed by atoms with Gasteiger partial charge in [0.2, 0.25) is 0 Å². The lowest BCUT2D eigenvalue weighted by atomic mass is 10.2. The van der Waals surface area contributed by atoms with Crippen LogP contribution in [0.5, 0.6) is 0 Å². The molecule has 0 radical (unpaired) electrons. The highest BCUT2D eigenvalue weighted by Crippen LogP contribution is 2.06. The second kappa shape index (κ2) is 5.58. The summed E-state index contributed by atoms with van der Waals surface area (Å²) < 4.78 is 17.8. The molecule has 0 aliphatic carbocycles. The molecule has 0 saturated carbocycles. The van der Waals surface area contributed by atoms with Crippen LogP contribution in [0.3, 0.4) is 0 Å². The Morgan fingerprint density at radius 1 is 1.47 bits per heavy atom. The van der Waals surface area contributed by atoms with Crippen LogP contribution in [-0.4, -0.2) is 16.7 Å². The second-order valence-electron chi connectivity index (χ2n) is 4.49. The summed E-state index contributed by atoms with van der Waals surface area (Å²) in [7, 11) is 0. The average Bonchev–Trinajstić information content (AvgIpc) is 2.14. The van der Waals surface area contributed by atoms with Gasteiger partial charge in [0.25, 0.3) is 0 Å². The highest BCUT2D eigenvalue weighted by Gasteiger charge is 2.15. The fourth-order valence-corrected chi connectivity index (χ4v) is 1.07. The number of hydrazine groups is 1. The number of halogens is 1. The summed E-state index contributed by atoms with van der Waals surface area (Å²) in [6.45, 7) is 5.57. The molecule has 94 valence electrons. The van der Waals surface area contributed by atoms with Gasteiger partial charge in [-0.05, 0) is 32.4 Å². The van der Waals surface area contributed by atoms with Gasteiger partial charge in [0.15, 0.2) is 0 Å². The van der Waals surface area contributed by atoms with Crippen molar-refractivity contribution in [3.63, 3.8) is 0 Å². The van der Waals surface area contributed by atoms with Gasteiger partial charge in [0, 0.05) is 12.7 Å². The predicted molar refractivity (Wildman–Crippen MR) is 60.4 cm³/mol. The number of hydrogen-bond donors (Lipinski definition) is 2. The highest BCUT2D eigenvalue weighted by atomic mass is 19.1. The van der Waals surface area contributed by atoms with Crippen LogP contribution in [0.15, 0.2) is 18.5 Å². The van der Waals surface area contributed by atoms with Gasteiger partial charge in [-0.1, -0.05) is 0 Å². The Morgan fingerprint density at radius 2 is 2.18 bits per heavy atom. The van der Waals surface area contributed by atoms with Crippen molar-refractivity contribution in [3.05, 3.63) is 29.8 Å². The second-order valence-corrected chi connectivity index (χ2v) is 4.49. The van der Waals surface area contributed by atoms with Crippen molar-refractivity contribution in [1.29, 1.82) is 0 Å². The zero-order valence-corrected chi connectivity index (χ0v) is 10.1. The zero-order chi connectivity index (χ0) is 12.9. The fraction of sp³-hybridized carbons (Fsp3) is 0.455. The molecule has 1 amide bonds. The highest BCUT2D eigenvalue weighted by molar-refractivity contribution is 5.66. The van der Waals surface area contributed by atoms with Gasteiger partial charge in [0.05, 0.1) is 6.20 Å². The van der Waals surface area contributed by atoms with Crippen LogP contribution in [0.4, 0.5) is 9.18 Å². The van der Waals surface area contributed by atoms with E-state index in [-0.39, 0.29) is 6.54 Å². The van der Waals surface area contributed by atoms with Crippen molar-refractivity contribution < 1.29 is 13.9 Å². The summed E-state index contributed by atoms with van der Waals surface area (Å²) >= 11 is 0. The fourth-order valence-electron chi connectivity index (χ4n) is 1.07. The van der Waals surface area contributed by atoms with Crippen LogP contribution in [0.2, 0.25) is 0 Å². The van der Waals surface area contributed by atoms with E-state index in [1.807, 2.05) is 0 Å². The van der Waals surface area contributed by atoms with E-state index in [2.05, 4.69) is 15.8 Å². The van der Waals surface area contributed by atoms with Crippen molar-refractivity contribution in [3.8, 4) is 0 Å². The van der Waals surface area contributed by atoms with Crippen LogP contribution in [0.1, 0.15) is 26.3 Å². The summed E-state index contributed by atoms with van der Waals surface area (Å²) in [5, 5.41) is 0. The molecule has 0 atom stereocenters. The first-order chi connectivity index (χ1) is 7.87. The maximum absolute atomic E-state index is 12.8. The minimum Gasteiger partial charge on any atom is -0.443 e. The minimum absolute atomic E-state index is 0.268. The van der Waals surface area contributed by atoms with Crippen molar-refractivity contribution in [2.45, 2.75) is 32.9 Å². The first-order valence-corrected chi connectivity index (χ1v) is 5.18. The summed E-state index contributed by atoms with van der Waals surface area (Å²) in [5.41, 5.74) is 5.04. The number of pyridine rings is 1. The average molecular weight is 241 g/mol. The first kappa shape index (κ1) is 13.4. The Bertz CT molecular complexity index is 391. The number of carbonyl (C=O) groups is 1. The van der Waals surface area contributed by atoms with E-state index in [1.165, 1.54) is 12.3 Å². The molecular weight excluding hydrogens is 225 g/mol. The lowest BCUT2D eigenvalue weighted by Gasteiger charge is -2.19. The summed E-state index contributed by atoms with van der Waals surface area (Å²) in [6.07, 6.45) is 2.04. The number of carbonyl (C=O) groups excluding carboxylic acids is 1. The van der Waals surface area contributed by atoms with Crippen molar-refractivity contribution >= 4 is 6.09 Å². The third-order valence-corrected chi connectivity index (χ3v) is 1.64. The number of rotatable bonds is 3. The molecule has 0 fully saturated rings. The van der Waals surface area contributed by atoms with E-state index in [4.69, 9.17) is 4.74 Å². The van der Waals surface area contributed by atoms with E-state index in [9.17, 15) is 9.18 Å². The van der Waals surface area contributed by atoms with Crippen LogP contribution < -0.4 is 10.9 Å². The number of aromatic nitrogens is 1. The summed E-state index contributed by atoms with van der Waals surface area (Å²) in [4.78, 5) is 14.9. The molecule has 0 aliphatic heterocycles. The normalized spacial score (nSPS) is 11.1. The lowest BCUT2D eigenvalue weighted by Crippen LogP contribution is -2.40. The Hall–Kier alpha value is -1.69.